The molecule has 2 heterocycles. The van der Waals surface area contributed by atoms with Gasteiger partial charge in [-0.05, 0) is 55.2 Å². The van der Waals surface area contributed by atoms with Crippen molar-refractivity contribution in [2.24, 2.45) is 7.05 Å². The smallest absolute Gasteiger partial charge is 0.345 e. The predicted molar refractivity (Wildman–Crippen MR) is 139 cm³/mol. The number of esters is 1. The van der Waals surface area contributed by atoms with Gasteiger partial charge in [0.1, 0.15) is 12.8 Å². The molecule has 0 aliphatic carbocycles. The van der Waals surface area contributed by atoms with Crippen molar-refractivity contribution in [3.8, 4) is 5.75 Å². The number of imide groups is 1. The van der Waals surface area contributed by atoms with Crippen molar-refractivity contribution < 1.29 is 33.3 Å². The molecule has 1 aliphatic heterocycles. The summed E-state index contributed by atoms with van der Waals surface area (Å²) in [6.07, 6.45) is 0.442. The molecule has 0 atom stereocenters. The molecule has 1 aliphatic rings. The van der Waals surface area contributed by atoms with Gasteiger partial charge in [0, 0.05) is 25.0 Å². The molecule has 0 radical (unpaired) electrons. The number of fused-ring (bicyclic) bond motifs is 2. The van der Waals surface area contributed by atoms with E-state index in [2.05, 4.69) is 16.7 Å². The van der Waals surface area contributed by atoms with Gasteiger partial charge in [-0.25, -0.2) is 9.59 Å². The number of hydrogen-bond donors (Lipinski definition) is 0. The van der Waals surface area contributed by atoms with Crippen LogP contribution in [0.1, 0.15) is 46.3 Å². The molecule has 1 fully saturated rings. The average molecular weight is 512 g/mol. The van der Waals surface area contributed by atoms with Crippen molar-refractivity contribution in [3.63, 3.8) is 0 Å². The lowest BCUT2D eigenvalue weighted by molar-refractivity contribution is -0.617. The standard InChI is InChI=1S/C30H27N2O6/c1-18-16-19(2)28-24(17-18)31(3)23-7-5-4-6-22(23)29(28)30(36)37-21-11-8-20(9-12-21)10-15-27(35)38-32-25(33)13-14-26(32)34/h4-9,11-12,16-17H,10,13-15H2,1-3H3/q+1. The minimum atomic E-state index is -0.661. The van der Waals surface area contributed by atoms with Gasteiger partial charge in [0.2, 0.25) is 11.0 Å². The highest BCUT2D eigenvalue weighted by molar-refractivity contribution is 6.14. The lowest BCUT2D eigenvalue weighted by Crippen LogP contribution is -2.32. The Labute approximate surface area is 219 Å². The third kappa shape index (κ3) is 4.72. The molecule has 0 N–H and O–H groups in total. The van der Waals surface area contributed by atoms with Crippen molar-refractivity contribution in [1.82, 2.24) is 5.06 Å². The minimum absolute atomic E-state index is 0.00605. The van der Waals surface area contributed by atoms with Gasteiger partial charge in [0.25, 0.3) is 11.8 Å². The number of ether oxygens (including phenoxy) is 1. The first-order valence-electron chi connectivity index (χ1n) is 12.4. The van der Waals surface area contributed by atoms with Gasteiger partial charge >= 0.3 is 11.9 Å². The van der Waals surface area contributed by atoms with Crippen LogP contribution in [0.2, 0.25) is 0 Å². The van der Waals surface area contributed by atoms with Gasteiger partial charge in [-0.2, -0.15) is 4.57 Å². The van der Waals surface area contributed by atoms with Crippen LogP contribution < -0.4 is 9.30 Å². The van der Waals surface area contributed by atoms with Crippen LogP contribution >= 0.6 is 0 Å². The molecule has 38 heavy (non-hydrogen) atoms. The maximum absolute atomic E-state index is 13.6. The summed E-state index contributed by atoms with van der Waals surface area (Å²) in [6.45, 7) is 4.03. The van der Waals surface area contributed by atoms with Crippen molar-refractivity contribution in [3.05, 3.63) is 82.9 Å². The van der Waals surface area contributed by atoms with E-state index >= 15 is 0 Å². The molecule has 0 spiro atoms. The van der Waals surface area contributed by atoms with E-state index in [4.69, 9.17) is 9.57 Å². The van der Waals surface area contributed by atoms with E-state index in [0.29, 0.717) is 22.8 Å². The Hall–Kier alpha value is -4.59. The fraction of sp³-hybridized carbons (Fsp3) is 0.233. The summed E-state index contributed by atoms with van der Waals surface area (Å²) < 4.78 is 7.91. The van der Waals surface area contributed by atoms with Crippen molar-refractivity contribution in [2.45, 2.75) is 39.5 Å². The number of para-hydroxylation sites is 1. The fourth-order valence-electron chi connectivity index (χ4n) is 4.92. The maximum Gasteiger partial charge on any atom is 0.345 e. The Morgan fingerprint density at radius 2 is 1.61 bits per heavy atom. The molecule has 192 valence electrons. The number of aromatic nitrogens is 1. The molecule has 3 aromatic carbocycles. The molecule has 1 saturated heterocycles. The number of aryl methyl sites for hydroxylation is 4. The second-order valence-corrected chi connectivity index (χ2v) is 9.51. The Morgan fingerprint density at radius 3 is 2.32 bits per heavy atom. The van der Waals surface area contributed by atoms with E-state index in [1.165, 1.54) is 0 Å². The number of hydroxylamine groups is 2. The summed E-state index contributed by atoms with van der Waals surface area (Å²) in [5, 5.41) is 2.21. The molecular formula is C30H27N2O6+. The van der Waals surface area contributed by atoms with Gasteiger partial charge in [0.15, 0.2) is 0 Å². The molecule has 4 aromatic rings. The van der Waals surface area contributed by atoms with Crippen LogP contribution in [0.15, 0.2) is 60.7 Å². The molecule has 0 unspecified atom stereocenters. The third-order valence-corrected chi connectivity index (χ3v) is 6.76. The zero-order valence-electron chi connectivity index (χ0n) is 21.4. The number of carbonyl (C=O) groups is 4. The van der Waals surface area contributed by atoms with Gasteiger partial charge < -0.3 is 9.57 Å². The molecule has 8 nitrogen and oxygen atoms in total. The van der Waals surface area contributed by atoms with E-state index in [0.717, 1.165) is 38.5 Å². The van der Waals surface area contributed by atoms with Crippen LogP contribution in [0.4, 0.5) is 0 Å². The van der Waals surface area contributed by atoms with Crippen LogP contribution in [0.3, 0.4) is 0 Å². The van der Waals surface area contributed by atoms with E-state index in [9.17, 15) is 19.2 Å². The number of amides is 2. The topological polar surface area (TPSA) is 93.9 Å². The van der Waals surface area contributed by atoms with Gasteiger partial charge in [-0.3, -0.25) is 9.59 Å². The highest BCUT2D eigenvalue weighted by atomic mass is 16.7. The first kappa shape index (κ1) is 25.1. The lowest BCUT2D eigenvalue weighted by atomic mass is 9.97. The Balaban J connectivity index is 1.34. The monoisotopic (exact) mass is 511 g/mol. The summed E-state index contributed by atoms with van der Waals surface area (Å²) in [4.78, 5) is 53.7. The summed E-state index contributed by atoms with van der Waals surface area (Å²) in [7, 11) is 1.99. The SMILES string of the molecule is Cc1cc(C)c2c(C(=O)Oc3ccc(CCC(=O)ON4C(=O)CCC4=O)cc3)c3ccccc3[n+](C)c2c1. The van der Waals surface area contributed by atoms with E-state index in [1.54, 1.807) is 24.3 Å². The second-order valence-electron chi connectivity index (χ2n) is 9.51. The normalized spacial score (nSPS) is 13.4. The van der Waals surface area contributed by atoms with Gasteiger partial charge in [-0.1, -0.05) is 30.3 Å². The van der Waals surface area contributed by atoms with Crippen molar-refractivity contribution in [1.29, 1.82) is 0 Å². The van der Waals surface area contributed by atoms with E-state index in [1.807, 2.05) is 45.2 Å². The van der Waals surface area contributed by atoms with E-state index in [-0.39, 0.29) is 19.3 Å². The number of hydrogen-bond acceptors (Lipinski definition) is 6. The van der Waals surface area contributed by atoms with Gasteiger partial charge in [0.05, 0.1) is 22.8 Å². The predicted octanol–water partition coefficient (Wildman–Crippen LogP) is 4.19. The number of nitrogens with zero attached hydrogens (tertiary/aromatic N) is 2. The third-order valence-electron chi connectivity index (χ3n) is 6.76. The molecule has 0 saturated carbocycles. The van der Waals surface area contributed by atoms with Crippen LogP contribution in [0.25, 0.3) is 21.8 Å². The summed E-state index contributed by atoms with van der Waals surface area (Å²) in [5.41, 5.74) is 5.31. The summed E-state index contributed by atoms with van der Waals surface area (Å²) >= 11 is 0. The largest absolute Gasteiger partial charge is 0.423 e. The highest BCUT2D eigenvalue weighted by Crippen LogP contribution is 2.29. The number of carbonyl (C=O) groups excluding carboxylic acids is 4. The quantitative estimate of drug-likeness (QED) is 0.127. The maximum atomic E-state index is 13.6. The number of benzene rings is 3. The van der Waals surface area contributed by atoms with Crippen LogP contribution in [-0.2, 0) is 32.7 Å². The summed E-state index contributed by atoms with van der Waals surface area (Å²) in [6, 6.07) is 18.8. The van der Waals surface area contributed by atoms with Crippen molar-refractivity contribution in [2.75, 3.05) is 0 Å². The molecule has 8 heteroatoms. The second kappa shape index (κ2) is 10.0. The molecule has 1 aromatic heterocycles. The molecular weight excluding hydrogens is 484 g/mol. The van der Waals surface area contributed by atoms with E-state index < -0.39 is 23.8 Å². The van der Waals surface area contributed by atoms with Gasteiger partial charge in [-0.15, -0.1) is 5.06 Å². The number of rotatable bonds is 6. The molecule has 5 rings (SSSR count). The zero-order chi connectivity index (χ0) is 27.0. The Kier molecular flexibility index (Phi) is 6.63. The first-order chi connectivity index (χ1) is 18.2. The highest BCUT2D eigenvalue weighted by Gasteiger charge is 2.32. The molecule has 0 bridgehead atoms. The minimum Gasteiger partial charge on any atom is -0.423 e. The Bertz CT molecular complexity index is 1610. The van der Waals surface area contributed by atoms with Crippen LogP contribution in [0, 0.1) is 13.8 Å². The lowest BCUT2D eigenvalue weighted by Gasteiger charge is -2.13. The number of pyridine rings is 1. The molecule has 2 amide bonds. The average Bonchev–Trinajstić information content (AvgIpc) is 3.21. The zero-order valence-corrected chi connectivity index (χ0v) is 21.4. The van der Waals surface area contributed by atoms with Crippen molar-refractivity contribution >= 4 is 45.6 Å². The first-order valence-corrected chi connectivity index (χ1v) is 12.4. The Morgan fingerprint density at radius 1 is 0.921 bits per heavy atom. The fourth-order valence-corrected chi connectivity index (χ4v) is 4.92. The van der Waals surface area contributed by atoms with Crippen LogP contribution in [0.5, 0.6) is 5.75 Å². The summed E-state index contributed by atoms with van der Waals surface area (Å²) in [5.74, 6) is -1.74. The van der Waals surface area contributed by atoms with Crippen LogP contribution in [-0.4, -0.2) is 28.8 Å².